The zero-order valence-electron chi connectivity index (χ0n) is 14.8. The highest BCUT2D eigenvalue weighted by molar-refractivity contribution is 5.96. The number of hydrogen-bond acceptors (Lipinski definition) is 5. The molecule has 1 unspecified atom stereocenters. The third-order valence-corrected chi connectivity index (χ3v) is 4.41. The first-order valence-electron chi connectivity index (χ1n) is 8.78. The molecule has 1 fully saturated rings. The van der Waals surface area contributed by atoms with Crippen LogP contribution < -0.4 is 10.6 Å². The van der Waals surface area contributed by atoms with E-state index < -0.39 is 0 Å². The van der Waals surface area contributed by atoms with Gasteiger partial charge in [-0.2, -0.15) is 0 Å². The molecule has 1 aromatic heterocycles. The molecule has 1 atom stereocenters. The highest BCUT2D eigenvalue weighted by atomic mass is 19.1. The van der Waals surface area contributed by atoms with Gasteiger partial charge in [-0.1, -0.05) is 12.1 Å². The van der Waals surface area contributed by atoms with Crippen molar-refractivity contribution in [3.05, 3.63) is 59.8 Å². The zero-order chi connectivity index (χ0) is 19.1. The van der Waals surface area contributed by atoms with Gasteiger partial charge in [0, 0.05) is 19.6 Å². The Morgan fingerprint density at radius 3 is 2.70 bits per heavy atom. The molecular weight excluding hydrogens is 353 g/mol. The molecule has 0 saturated carbocycles. The first kappa shape index (κ1) is 19.1. The van der Waals surface area contributed by atoms with Crippen molar-refractivity contribution in [1.29, 1.82) is 0 Å². The molecule has 1 aromatic carbocycles. The Morgan fingerprint density at radius 2 is 2.00 bits per heavy atom. The lowest BCUT2D eigenvalue weighted by atomic mass is 10.0. The maximum Gasteiger partial charge on any atom is 0.254 e. The van der Waals surface area contributed by atoms with Gasteiger partial charge in [-0.05, 0) is 23.8 Å². The lowest BCUT2D eigenvalue weighted by Crippen LogP contribution is -2.45. The summed E-state index contributed by atoms with van der Waals surface area (Å²) >= 11 is 0. The van der Waals surface area contributed by atoms with Crippen molar-refractivity contribution >= 4 is 11.8 Å². The molecule has 27 heavy (non-hydrogen) atoms. The summed E-state index contributed by atoms with van der Waals surface area (Å²) < 4.78 is 23.9. The van der Waals surface area contributed by atoms with Crippen LogP contribution in [-0.2, 0) is 9.53 Å². The Balaban J connectivity index is 1.57. The highest BCUT2D eigenvalue weighted by Gasteiger charge is 2.23. The van der Waals surface area contributed by atoms with Gasteiger partial charge in [-0.15, -0.1) is 0 Å². The van der Waals surface area contributed by atoms with E-state index in [1.54, 1.807) is 6.07 Å². The Morgan fingerprint density at radius 1 is 1.19 bits per heavy atom. The van der Waals surface area contributed by atoms with Gasteiger partial charge in [-0.3, -0.25) is 14.5 Å². The average molecular weight is 375 g/mol. The molecule has 1 aliphatic heterocycles. The van der Waals surface area contributed by atoms with Gasteiger partial charge in [0.1, 0.15) is 12.1 Å². The lowest BCUT2D eigenvalue weighted by molar-refractivity contribution is -0.120. The van der Waals surface area contributed by atoms with E-state index in [-0.39, 0.29) is 30.2 Å². The molecule has 2 N–H and O–H groups in total. The smallest absolute Gasteiger partial charge is 0.254 e. The van der Waals surface area contributed by atoms with Crippen LogP contribution in [0, 0.1) is 5.82 Å². The van der Waals surface area contributed by atoms with Crippen LogP contribution in [0.25, 0.3) is 0 Å². The Bertz CT molecular complexity index is 760. The average Bonchev–Trinajstić information content (AvgIpc) is 3.22. The molecule has 0 spiro atoms. The van der Waals surface area contributed by atoms with Gasteiger partial charge in [0.25, 0.3) is 5.91 Å². The fourth-order valence-electron chi connectivity index (χ4n) is 2.99. The summed E-state index contributed by atoms with van der Waals surface area (Å²) in [5, 5.41) is 5.35. The summed E-state index contributed by atoms with van der Waals surface area (Å²) in [5.41, 5.74) is 1.15. The Labute approximate surface area is 156 Å². The van der Waals surface area contributed by atoms with Gasteiger partial charge in [0.05, 0.1) is 37.6 Å². The molecule has 2 heterocycles. The molecule has 7 nitrogen and oxygen atoms in total. The van der Waals surface area contributed by atoms with Crippen molar-refractivity contribution in [1.82, 2.24) is 15.5 Å². The minimum absolute atomic E-state index is 0.150. The molecule has 1 saturated heterocycles. The number of nitrogens with one attached hydrogen (secondary N) is 2. The summed E-state index contributed by atoms with van der Waals surface area (Å²) in [6.07, 6.45) is 2.70. The van der Waals surface area contributed by atoms with Crippen molar-refractivity contribution in [2.45, 2.75) is 6.04 Å². The van der Waals surface area contributed by atoms with E-state index in [4.69, 9.17) is 9.15 Å². The number of furan rings is 1. The lowest BCUT2D eigenvalue weighted by Gasteiger charge is -2.35. The second kappa shape index (κ2) is 9.29. The van der Waals surface area contributed by atoms with Crippen LogP contribution in [0.4, 0.5) is 4.39 Å². The van der Waals surface area contributed by atoms with Crippen LogP contribution in [0.3, 0.4) is 0 Å². The number of benzene rings is 1. The van der Waals surface area contributed by atoms with Gasteiger partial charge >= 0.3 is 0 Å². The number of morpholine rings is 1. The summed E-state index contributed by atoms with van der Waals surface area (Å²) in [4.78, 5) is 26.1. The summed E-state index contributed by atoms with van der Waals surface area (Å²) in [6, 6.07) is 7.72. The largest absolute Gasteiger partial charge is 0.472 e. The second-order valence-corrected chi connectivity index (χ2v) is 6.22. The topological polar surface area (TPSA) is 83.8 Å². The molecule has 0 aliphatic carbocycles. The second-order valence-electron chi connectivity index (χ2n) is 6.22. The molecule has 8 heteroatoms. The van der Waals surface area contributed by atoms with Crippen molar-refractivity contribution in [3.63, 3.8) is 0 Å². The maximum absolute atomic E-state index is 13.7. The normalized spacial score (nSPS) is 15.9. The molecule has 3 rings (SSSR count). The Kier molecular flexibility index (Phi) is 6.56. The van der Waals surface area contributed by atoms with Crippen LogP contribution in [0.2, 0.25) is 0 Å². The first-order valence-corrected chi connectivity index (χ1v) is 8.78. The zero-order valence-corrected chi connectivity index (χ0v) is 14.8. The van der Waals surface area contributed by atoms with Crippen LogP contribution >= 0.6 is 0 Å². The minimum Gasteiger partial charge on any atom is -0.472 e. The molecule has 0 bridgehead atoms. The fourth-order valence-corrected chi connectivity index (χ4v) is 2.99. The highest BCUT2D eigenvalue weighted by Crippen LogP contribution is 2.22. The minimum atomic E-state index is -0.381. The van der Waals surface area contributed by atoms with E-state index in [9.17, 15) is 14.0 Å². The monoisotopic (exact) mass is 375 g/mol. The molecule has 2 amide bonds. The van der Waals surface area contributed by atoms with Crippen molar-refractivity contribution in [2.24, 2.45) is 0 Å². The number of nitrogens with zero attached hydrogens (tertiary/aromatic N) is 1. The number of carbonyl (C=O) groups is 2. The van der Waals surface area contributed by atoms with Gasteiger partial charge in [0.2, 0.25) is 5.91 Å². The predicted molar refractivity (Wildman–Crippen MR) is 95.6 cm³/mol. The molecule has 0 radical (unpaired) electrons. The van der Waals surface area contributed by atoms with Crippen molar-refractivity contribution in [2.75, 3.05) is 39.4 Å². The van der Waals surface area contributed by atoms with E-state index in [0.717, 1.165) is 5.56 Å². The van der Waals surface area contributed by atoms with Crippen LogP contribution in [0.5, 0.6) is 0 Å². The third kappa shape index (κ3) is 5.38. The van der Waals surface area contributed by atoms with Gasteiger partial charge < -0.3 is 19.8 Å². The van der Waals surface area contributed by atoms with Crippen LogP contribution in [0.15, 0.2) is 47.3 Å². The van der Waals surface area contributed by atoms with Crippen LogP contribution in [-0.4, -0.2) is 56.1 Å². The van der Waals surface area contributed by atoms with Gasteiger partial charge in [-0.25, -0.2) is 4.39 Å². The van der Waals surface area contributed by atoms with E-state index in [1.165, 1.54) is 30.7 Å². The van der Waals surface area contributed by atoms with Crippen LogP contribution in [0.1, 0.15) is 22.0 Å². The molecular formula is C19H22FN3O4. The molecule has 144 valence electrons. The van der Waals surface area contributed by atoms with E-state index in [0.29, 0.717) is 38.4 Å². The predicted octanol–water partition coefficient (Wildman–Crippen LogP) is 1.34. The number of carbonyl (C=O) groups excluding carboxylic acids is 2. The summed E-state index contributed by atoms with van der Waals surface area (Å²) in [7, 11) is 0. The number of hydrogen-bond donors (Lipinski definition) is 2. The number of halogens is 1. The fraction of sp³-hybridized carbons (Fsp3) is 0.368. The van der Waals surface area contributed by atoms with Gasteiger partial charge in [0.15, 0.2) is 0 Å². The molecule has 2 aromatic rings. The summed E-state index contributed by atoms with van der Waals surface area (Å²) in [6.45, 7) is 2.76. The van der Waals surface area contributed by atoms with E-state index in [2.05, 4.69) is 15.5 Å². The number of amides is 2. The molecule has 1 aliphatic rings. The maximum atomic E-state index is 13.7. The Hall–Kier alpha value is -2.71. The first-order chi connectivity index (χ1) is 13.1. The standard InChI is InChI=1S/C19H22FN3O4/c20-16-3-1-2-14(10-16)17(23-5-8-26-9-6-23)11-21-18(24)12-22-19(25)15-4-7-27-13-15/h1-4,7,10,13,17H,5-6,8-9,11-12H2,(H,21,24)(H,22,25). The third-order valence-electron chi connectivity index (χ3n) is 4.41. The van der Waals surface area contributed by atoms with Crippen molar-refractivity contribution < 1.29 is 23.1 Å². The van der Waals surface area contributed by atoms with Crippen molar-refractivity contribution in [3.8, 4) is 0 Å². The van der Waals surface area contributed by atoms with E-state index >= 15 is 0 Å². The van der Waals surface area contributed by atoms with E-state index in [1.807, 2.05) is 6.07 Å². The number of rotatable bonds is 7. The summed E-state index contributed by atoms with van der Waals surface area (Å²) in [5.74, 6) is -1.01. The quantitative estimate of drug-likeness (QED) is 0.763. The SMILES string of the molecule is O=C(CNC(=O)c1ccoc1)NCC(c1cccc(F)c1)N1CCOCC1. The number of ether oxygens (including phenoxy) is 1.